The summed E-state index contributed by atoms with van der Waals surface area (Å²) < 4.78 is 18.9. The Balaban J connectivity index is 2.47. The van der Waals surface area contributed by atoms with E-state index in [1.165, 1.54) is 6.07 Å². The van der Waals surface area contributed by atoms with Crippen LogP contribution in [0.3, 0.4) is 0 Å². The summed E-state index contributed by atoms with van der Waals surface area (Å²) in [6.45, 7) is 3.60. The van der Waals surface area contributed by atoms with Gasteiger partial charge in [-0.25, -0.2) is 4.39 Å². The molecular formula is C16H18FNO. The summed E-state index contributed by atoms with van der Waals surface area (Å²) in [5.41, 5.74) is 7.86. The molecule has 0 aliphatic rings. The highest BCUT2D eigenvalue weighted by molar-refractivity contribution is 5.41. The molecule has 0 heterocycles. The maximum atomic E-state index is 13.7. The van der Waals surface area contributed by atoms with Crippen molar-refractivity contribution >= 4 is 0 Å². The normalized spacial score (nSPS) is 13.9. The van der Waals surface area contributed by atoms with E-state index in [4.69, 9.17) is 10.5 Å². The zero-order chi connectivity index (χ0) is 14.0. The van der Waals surface area contributed by atoms with E-state index < -0.39 is 5.54 Å². The Morgan fingerprint density at radius 2 is 1.79 bits per heavy atom. The molecule has 2 nitrogen and oxygen atoms in total. The van der Waals surface area contributed by atoms with Crippen LogP contribution in [-0.4, -0.2) is 7.11 Å². The molecule has 0 radical (unpaired) electrons. The summed E-state index contributed by atoms with van der Waals surface area (Å²) in [5, 5.41) is 0. The lowest BCUT2D eigenvalue weighted by Gasteiger charge is -2.26. The molecule has 2 aromatic rings. The fraction of sp³-hybridized carbons (Fsp3) is 0.250. The van der Waals surface area contributed by atoms with Crippen molar-refractivity contribution in [1.82, 2.24) is 0 Å². The minimum absolute atomic E-state index is 0.239. The first-order valence-electron chi connectivity index (χ1n) is 6.15. The predicted molar refractivity (Wildman–Crippen MR) is 74.8 cm³/mol. The summed E-state index contributed by atoms with van der Waals surface area (Å²) in [7, 11) is 1.61. The molecule has 0 bridgehead atoms. The van der Waals surface area contributed by atoms with Crippen LogP contribution in [0.4, 0.5) is 4.39 Å². The van der Waals surface area contributed by atoms with Crippen molar-refractivity contribution < 1.29 is 9.13 Å². The Kier molecular flexibility index (Phi) is 3.58. The van der Waals surface area contributed by atoms with Crippen LogP contribution >= 0.6 is 0 Å². The first kappa shape index (κ1) is 13.6. The number of hydrogen-bond donors (Lipinski definition) is 1. The maximum absolute atomic E-state index is 13.7. The van der Waals surface area contributed by atoms with Crippen LogP contribution < -0.4 is 10.5 Å². The van der Waals surface area contributed by atoms with Gasteiger partial charge in [-0.2, -0.15) is 0 Å². The third-order valence-corrected chi connectivity index (χ3v) is 3.44. The van der Waals surface area contributed by atoms with Crippen molar-refractivity contribution in [2.45, 2.75) is 19.4 Å². The number of aryl methyl sites for hydroxylation is 1. The van der Waals surface area contributed by atoms with Crippen LogP contribution in [0.25, 0.3) is 0 Å². The minimum Gasteiger partial charge on any atom is -0.497 e. The molecule has 2 rings (SSSR count). The van der Waals surface area contributed by atoms with E-state index in [0.29, 0.717) is 5.56 Å². The molecule has 1 atom stereocenters. The van der Waals surface area contributed by atoms with Crippen LogP contribution in [0, 0.1) is 12.7 Å². The molecule has 0 saturated heterocycles. The van der Waals surface area contributed by atoms with Crippen molar-refractivity contribution in [3.63, 3.8) is 0 Å². The van der Waals surface area contributed by atoms with E-state index in [-0.39, 0.29) is 5.82 Å². The second-order valence-corrected chi connectivity index (χ2v) is 4.90. The quantitative estimate of drug-likeness (QED) is 0.917. The molecule has 0 amide bonds. The second kappa shape index (κ2) is 5.02. The Morgan fingerprint density at radius 1 is 1.11 bits per heavy atom. The molecule has 0 aromatic heterocycles. The van der Waals surface area contributed by atoms with Crippen LogP contribution in [0.5, 0.6) is 5.75 Å². The number of ether oxygens (including phenoxy) is 1. The zero-order valence-electron chi connectivity index (χ0n) is 11.4. The molecular weight excluding hydrogens is 241 g/mol. The van der Waals surface area contributed by atoms with Crippen molar-refractivity contribution in [2.24, 2.45) is 5.73 Å². The lowest BCUT2D eigenvalue weighted by Crippen LogP contribution is -2.34. The zero-order valence-corrected chi connectivity index (χ0v) is 11.4. The molecule has 0 fully saturated rings. The highest BCUT2D eigenvalue weighted by atomic mass is 19.1. The Morgan fingerprint density at radius 3 is 2.42 bits per heavy atom. The van der Waals surface area contributed by atoms with Gasteiger partial charge in [0.15, 0.2) is 0 Å². The fourth-order valence-corrected chi connectivity index (χ4v) is 2.03. The monoisotopic (exact) mass is 259 g/mol. The molecule has 0 spiro atoms. The van der Waals surface area contributed by atoms with Gasteiger partial charge in [0, 0.05) is 0 Å². The van der Waals surface area contributed by atoms with Gasteiger partial charge in [0.05, 0.1) is 12.6 Å². The topological polar surface area (TPSA) is 35.2 Å². The summed E-state index contributed by atoms with van der Waals surface area (Å²) in [6, 6.07) is 12.6. The van der Waals surface area contributed by atoms with Crippen LogP contribution in [0.15, 0.2) is 42.5 Å². The van der Waals surface area contributed by atoms with Gasteiger partial charge in [-0.05, 0) is 48.7 Å². The molecule has 1 unspecified atom stereocenters. The molecule has 3 heteroatoms. The van der Waals surface area contributed by atoms with Gasteiger partial charge in [-0.3, -0.25) is 0 Å². The third kappa shape index (κ3) is 2.61. The largest absolute Gasteiger partial charge is 0.497 e. The molecule has 0 saturated carbocycles. The lowest BCUT2D eigenvalue weighted by atomic mass is 9.85. The number of benzene rings is 2. The average Bonchev–Trinajstić information content (AvgIpc) is 2.41. The summed E-state index contributed by atoms with van der Waals surface area (Å²) in [4.78, 5) is 0. The summed E-state index contributed by atoms with van der Waals surface area (Å²) in [5.74, 6) is 0.499. The SMILES string of the molecule is COc1cccc(C(C)(N)c2ccc(C)c(F)c2)c1. The minimum atomic E-state index is -0.761. The van der Waals surface area contributed by atoms with E-state index in [2.05, 4.69) is 0 Å². The highest BCUT2D eigenvalue weighted by Crippen LogP contribution is 2.29. The number of methoxy groups -OCH3 is 1. The predicted octanol–water partition coefficient (Wildman–Crippen LogP) is 3.36. The molecule has 100 valence electrons. The van der Waals surface area contributed by atoms with Crippen molar-refractivity contribution in [1.29, 1.82) is 0 Å². The number of hydrogen-bond acceptors (Lipinski definition) is 2. The molecule has 2 aromatic carbocycles. The number of halogens is 1. The van der Waals surface area contributed by atoms with Crippen LogP contribution in [-0.2, 0) is 5.54 Å². The molecule has 0 aliphatic carbocycles. The van der Waals surface area contributed by atoms with E-state index in [1.54, 1.807) is 20.1 Å². The Bertz CT molecular complexity index is 593. The Hall–Kier alpha value is -1.87. The number of nitrogens with two attached hydrogens (primary N) is 1. The van der Waals surface area contributed by atoms with Crippen LogP contribution in [0.2, 0.25) is 0 Å². The number of rotatable bonds is 3. The average molecular weight is 259 g/mol. The second-order valence-electron chi connectivity index (χ2n) is 4.90. The lowest BCUT2D eigenvalue weighted by molar-refractivity contribution is 0.413. The molecule has 19 heavy (non-hydrogen) atoms. The van der Waals surface area contributed by atoms with Gasteiger partial charge in [0.1, 0.15) is 11.6 Å². The van der Waals surface area contributed by atoms with Gasteiger partial charge in [-0.1, -0.05) is 24.3 Å². The van der Waals surface area contributed by atoms with E-state index in [1.807, 2.05) is 37.3 Å². The van der Waals surface area contributed by atoms with E-state index in [0.717, 1.165) is 16.9 Å². The van der Waals surface area contributed by atoms with Gasteiger partial charge in [0.25, 0.3) is 0 Å². The molecule has 2 N–H and O–H groups in total. The summed E-state index contributed by atoms with van der Waals surface area (Å²) >= 11 is 0. The third-order valence-electron chi connectivity index (χ3n) is 3.44. The van der Waals surface area contributed by atoms with E-state index >= 15 is 0 Å². The summed E-state index contributed by atoms with van der Waals surface area (Å²) in [6.07, 6.45) is 0. The van der Waals surface area contributed by atoms with Gasteiger partial charge < -0.3 is 10.5 Å². The standard InChI is InChI=1S/C16H18FNO/c1-11-7-8-13(10-15(11)17)16(2,18)12-5-4-6-14(9-12)19-3/h4-10H,18H2,1-3H3. The van der Waals surface area contributed by atoms with Gasteiger partial charge in [-0.15, -0.1) is 0 Å². The van der Waals surface area contributed by atoms with Crippen LogP contribution in [0.1, 0.15) is 23.6 Å². The van der Waals surface area contributed by atoms with Crippen molar-refractivity contribution in [2.75, 3.05) is 7.11 Å². The molecule has 0 aliphatic heterocycles. The van der Waals surface area contributed by atoms with Crippen molar-refractivity contribution in [3.05, 3.63) is 65.0 Å². The maximum Gasteiger partial charge on any atom is 0.126 e. The fourth-order valence-electron chi connectivity index (χ4n) is 2.03. The highest BCUT2D eigenvalue weighted by Gasteiger charge is 2.24. The first-order chi connectivity index (χ1) is 8.95. The first-order valence-corrected chi connectivity index (χ1v) is 6.15. The Labute approximate surface area is 113 Å². The van der Waals surface area contributed by atoms with Crippen molar-refractivity contribution in [3.8, 4) is 5.75 Å². The van der Waals surface area contributed by atoms with Gasteiger partial charge in [0.2, 0.25) is 0 Å². The van der Waals surface area contributed by atoms with Gasteiger partial charge >= 0.3 is 0 Å². The smallest absolute Gasteiger partial charge is 0.126 e. The van der Waals surface area contributed by atoms with E-state index in [9.17, 15) is 4.39 Å².